The van der Waals surface area contributed by atoms with Crippen LogP contribution in [0.15, 0.2) is 0 Å². The highest BCUT2D eigenvalue weighted by Crippen LogP contribution is 2.34. The second kappa shape index (κ2) is 6.89. The van der Waals surface area contributed by atoms with E-state index in [2.05, 4.69) is 32.3 Å². The van der Waals surface area contributed by atoms with Gasteiger partial charge in [0.25, 0.3) is 0 Å². The van der Waals surface area contributed by atoms with Crippen molar-refractivity contribution in [3.63, 3.8) is 0 Å². The molecule has 1 aromatic heterocycles. The van der Waals surface area contributed by atoms with Crippen LogP contribution < -0.4 is 0 Å². The number of carbonyl (C=O) groups excluding carboxylic acids is 1. The third-order valence-electron chi connectivity index (χ3n) is 5.12. The van der Waals surface area contributed by atoms with Gasteiger partial charge in [0, 0.05) is 38.0 Å². The van der Waals surface area contributed by atoms with Gasteiger partial charge in [0.2, 0.25) is 5.91 Å². The van der Waals surface area contributed by atoms with Crippen molar-refractivity contribution in [3.8, 4) is 0 Å². The molecule has 1 amide bonds. The lowest BCUT2D eigenvalue weighted by atomic mass is 9.92. The van der Waals surface area contributed by atoms with Gasteiger partial charge in [-0.1, -0.05) is 34.1 Å². The number of fused-ring (bicyclic) bond motifs is 1. The van der Waals surface area contributed by atoms with Crippen LogP contribution in [0.2, 0.25) is 0 Å². The zero-order chi connectivity index (χ0) is 17.3. The minimum Gasteiger partial charge on any atom is -0.336 e. The minimum atomic E-state index is 0.242. The van der Waals surface area contributed by atoms with Gasteiger partial charge in [-0.3, -0.25) is 4.79 Å². The second-order valence-electron chi connectivity index (χ2n) is 8.88. The summed E-state index contributed by atoms with van der Waals surface area (Å²) in [5.41, 5.74) is 2.80. The van der Waals surface area contributed by atoms with E-state index in [9.17, 15) is 4.79 Å². The van der Waals surface area contributed by atoms with Crippen LogP contribution in [0.3, 0.4) is 0 Å². The van der Waals surface area contributed by atoms with Gasteiger partial charge in [-0.05, 0) is 30.6 Å². The second-order valence-corrected chi connectivity index (χ2v) is 8.88. The van der Waals surface area contributed by atoms with E-state index < -0.39 is 0 Å². The number of hydrogen-bond acceptors (Lipinski definition) is 2. The molecule has 1 aliphatic heterocycles. The number of rotatable bonds is 6. The molecule has 0 aromatic carbocycles. The Hall–Kier alpha value is -1.32. The first kappa shape index (κ1) is 17.5. The molecule has 0 spiro atoms. The Balaban J connectivity index is 1.79. The monoisotopic (exact) mass is 331 g/mol. The summed E-state index contributed by atoms with van der Waals surface area (Å²) in [5, 5.41) is 0. The molecule has 0 atom stereocenters. The van der Waals surface area contributed by atoms with Crippen molar-refractivity contribution in [3.05, 3.63) is 17.2 Å². The van der Waals surface area contributed by atoms with E-state index in [1.807, 2.05) is 4.90 Å². The Morgan fingerprint density at radius 2 is 2.04 bits per heavy atom. The number of amides is 1. The Kier molecular flexibility index (Phi) is 5.03. The maximum Gasteiger partial charge on any atom is 0.222 e. The molecule has 3 rings (SSSR count). The lowest BCUT2D eigenvalue weighted by Crippen LogP contribution is -2.36. The predicted molar refractivity (Wildman–Crippen MR) is 96.8 cm³/mol. The average Bonchev–Trinajstić information content (AvgIpc) is 3.26. The quantitative estimate of drug-likeness (QED) is 0.791. The Morgan fingerprint density at radius 3 is 2.67 bits per heavy atom. The molecule has 1 saturated carbocycles. The summed E-state index contributed by atoms with van der Waals surface area (Å²) in [6, 6.07) is 0. The molecule has 2 heterocycles. The first-order valence-corrected chi connectivity index (χ1v) is 9.72. The number of nitrogens with zero attached hydrogens (tertiary/aromatic N) is 3. The fourth-order valence-electron chi connectivity index (χ4n) is 3.58. The summed E-state index contributed by atoms with van der Waals surface area (Å²) < 4.78 is 2.51. The lowest BCUT2D eigenvalue weighted by molar-refractivity contribution is -0.132. The molecule has 2 aliphatic rings. The summed E-state index contributed by atoms with van der Waals surface area (Å²) in [4.78, 5) is 19.4. The van der Waals surface area contributed by atoms with E-state index in [0.29, 0.717) is 18.9 Å². The van der Waals surface area contributed by atoms with E-state index in [-0.39, 0.29) is 5.41 Å². The van der Waals surface area contributed by atoms with Crippen LogP contribution in [0.4, 0.5) is 0 Å². The first-order chi connectivity index (χ1) is 11.4. The lowest BCUT2D eigenvalue weighted by Gasteiger charge is -2.27. The van der Waals surface area contributed by atoms with Crippen LogP contribution in [0.1, 0.15) is 77.0 Å². The number of unbranched alkanes of at least 4 members (excludes halogenated alkanes) is 1. The molecular formula is C20H33N3O. The molecule has 134 valence electrons. The van der Waals surface area contributed by atoms with Crippen LogP contribution in [0.25, 0.3) is 0 Å². The van der Waals surface area contributed by atoms with E-state index in [1.165, 1.54) is 24.4 Å². The van der Waals surface area contributed by atoms with Gasteiger partial charge in [-0.2, -0.15) is 0 Å². The van der Waals surface area contributed by atoms with Crippen molar-refractivity contribution >= 4 is 5.91 Å². The first-order valence-electron chi connectivity index (χ1n) is 9.72. The highest BCUT2D eigenvalue weighted by molar-refractivity contribution is 5.76. The van der Waals surface area contributed by atoms with Gasteiger partial charge in [0.15, 0.2) is 0 Å². The molecule has 0 saturated heterocycles. The zero-order valence-corrected chi connectivity index (χ0v) is 15.9. The standard InChI is InChI=1S/C20H33N3O/c1-5-6-7-19(24)22-11-10-17-16(14-22)21-18(12-20(2,3)4)23(17)13-15-8-9-15/h15H,5-14H2,1-4H3. The largest absolute Gasteiger partial charge is 0.336 e. The maximum atomic E-state index is 12.4. The Morgan fingerprint density at radius 1 is 1.29 bits per heavy atom. The highest BCUT2D eigenvalue weighted by Gasteiger charge is 2.30. The molecule has 4 heteroatoms. The summed E-state index contributed by atoms with van der Waals surface area (Å²) >= 11 is 0. The van der Waals surface area contributed by atoms with E-state index in [4.69, 9.17) is 4.98 Å². The van der Waals surface area contributed by atoms with Gasteiger partial charge in [0.1, 0.15) is 5.82 Å². The van der Waals surface area contributed by atoms with Gasteiger partial charge in [-0.25, -0.2) is 4.98 Å². The SMILES string of the molecule is CCCCC(=O)N1CCc2c(nc(CC(C)(C)C)n2CC2CC2)C1. The molecule has 24 heavy (non-hydrogen) atoms. The third kappa shape index (κ3) is 4.20. The number of carbonyl (C=O) groups is 1. The van der Waals surface area contributed by atoms with Crippen molar-refractivity contribution in [1.29, 1.82) is 0 Å². The molecule has 1 fully saturated rings. The zero-order valence-electron chi connectivity index (χ0n) is 15.9. The molecule has 0 radical (unpaired) electrons. The fraction of sp³-hybridized carbons (Fsp3) is 0.800. The van der Waals surface area contributed by atoms with Crippen molar-refractivity contribution in [2.45, 2.75) is 85.7 Å². The predicted octanol–water partition coefficient (Wildman–Crippen LogP) is 3.96. The van der Waals surface area contributed by atoms with Gasteiger partial charge in [0.05, 0.1) is 12.2 Å². The Bertz CT molecular complexity index is 593. The Labute approximate surface area is 146 Å². The molecule has 4 nitrogen and oxygen atoms in total. The minimum absolute atomic E-state index is 0.242. The number of aromatic nitrogens is 2. The van der Waals surface area contributed by atoms with Crippen molar-refractivity contribution in [1.82, 2.24) is 14.5 Å². The van der Waals surface area contributed by atoms with Crippen LogP contribution in [0.5, 0.6) is 0 Å². The molecule has 0 unspecified atom stereocenters. The summed E-state index contributed by atoms with van der Waals surface area (Å²) in [6.45, 7) is 11.7. The highest BCUT2D eigenvalue weighted by atomic mass is 16.2. The maximum absolute atomic E-state index is 12.4. The number of hydrogen-bond donors (Lipinski definition) is 0. The topological polar surface area (TPSA) is 38.1 Å². The number of imidazole rings is 1. The molecule has 0 N–H and O–H groups in total. The van der Waals surface area contributed by atoms with Gasteiger partial charge in [-0.15, -0.1) is 0 Å². The normalized spacial score (nSPS) is 17.9. The summed E-state index contributed by atoms with van der Waals surface area (Å²) in [5.74, 6) is 2.39. The van der Waals surface area contributed by atoms with E-state index >= 15 is 0 Å². The molecular weight excluding hydrogens is 298 g/mol. The van der Waals surface area contributed by atoms with Crippen molar-refractivity contribution < 1.29 is 4.79 Å². The van der Waals surface area contributed by atoms with E-state index in [1.54, 1.807) is 0 Å². The van der Waals surface area contributed by atoms with Crippen LogP contribution in [-0.4, -0.2) is 26.9 Å². The molecule has 1 aromatic rings. The van der Waals surface area contributed by atoms with E-state index in [0.717, 1.165) is 50.4 Å². The smallest absolute Gasteiger partial charge is 0.222 e. The third-order valence-corrected chi connectivity index (χ3v) is 5.12. The summed E-state index contributed by atoms with van der Waals surface area (Å²) in [7, 11) is 0. The average molecular weight is 332 g/mol. The molecule has 0 bridgehead atoms. The van der Waals surface area contributed by atoms with Crippen LogP contribution >= 0.6 is 0 Å². The van der Waals surface area contributed by atoms with Crippen molar-refractivity contribution in [2.24, 2.45) is 11.3 Å². The van der Waals surface area contributed by atoms with Gasteiger partial charge < -0.3 is 9.47 Å². The van der Waals surface area contributed by atoms with Crippen LogP contribution in [0, 0.1) is 11.3 Å². The molecule has 1 aliphatic carbocycles. The van der Waals surface area contributed by atoms with Crippen molar-refractivity contribution in [2.75, 3.05) is 6.54 Å². The summed E-state index contributed by atoms with van der Waals surface area (Å²) in [6.07, 6.45) is 7.47. The fourth-order valence-corrected chi connectivity index (χ4v) is 3.58. The van der Waals surface area contributed by atoms with Gasteiger partial charge >= 0.3 is 0 Å². The van der Waals surface area contributed by atoms with Crippen LogP contribution in [-0.2, 0) is 30.7 Å².